The van der Waals surface area contributed by atoms with Gasteiger partial charge in [0.1, 0.15) is 11.6 Å². The van der Waals surface area contributed by atoms with E-state index in [1.54, 1.807) is 13.0 Å². The first-order valence-corrected chi connectivity index (χ1v) is 3.90. The summed E-state index contributed by atoms with van der Waals surface area (Å²) in [5.41, 5.74) is 0.698. The first-order chi connectivity index (χ1) is 6.19. The predicted octanol–water partition coefficient (Wildman–Crippen LogP) is 2.36. The first-order valence-electron chi connectivity index (χ1n) is 3.90. The van der Waals surface area contributed by atoms with Gasteiger partial charge in [0, 0.05) is 11.6 Å². The molecule has 1 nitrogen and oxygen atoms in total. The number of aliphatic hydroxyl groups is 1. The first kappa shape index (κ1) is 9.86. The van der Waals surface area contributed by atoms with E-state index in [9.17, 15) is 8.78 Å². The molecule has 0 aliphatic heterocycles. The fourth-order valence-electron chi connectivity index (χ4n) is 1.08. The van der Waals surface area contributed by atoms with E-state index in [2.05, 4.69) is 0 Å². The van der Waals surface area contributed by atoms with E-state index in [1.165, 1.54) is 6.07 Å². The van der Waals surface area contributed by atoms with Crippen LogP contribution in [0.2, 0.25) is 0 Å². The summed E-state index contributed by atoms with van der Waals surface area (Å²) in [7, 11) is 0. The van der Waals surface area contributed by atoms with Crippen molar-refractivity contribution in [3.05, 3.63) is 41.5 Å². The molecule has 0 bridgehead atoms. The maximum atomic E-state index is 13.1. The predicted molar refractivity (Wildman–Crippen MR) is 47.1 cm³/mol. The molecular weight excluding hydrogens is 174 g/mol. The van der Waals surface area contributed by atoms with Crippen LogP contribution >= 0.6 is 0 Å². The molecule has 0 atom stereocenters. The van der Waals surface area contributed by atoms with Crippen LogP contribution < -0.4 is 0 Å². The van der Waals surface area contributed by atoms with Crippen molar-refractivity contribution < 1.29 is 13.9 Å². The Hall–Kier alpha value is -1.22. The van der Waals surface area contributed by atoms with Crippen molar-refractivity contribution in [2.75, 3.05) is 6.61 Å². The molecule has 0 saturated carbocycles. The zero-order valence-corrected chi connectivity index (χ0v) is 7.22. The number of allylic oxidation sites excluding steroid dienone is 1. The van der Waals surface area contributed by atoms with Gasteiger partial charge in [-0.3, -0.25) is 0 Å². The van der Waals surface area contributed by atoms with Crippen LogP contribution in [0.25, 0.3) is 5.57 Å². The monoisotopic (exact) mass is 184 g/mol. The molecule has 0 aliphatic carbocycles. The molecule has 1 rings (SSSR count). The molecule has 1 aromatic carbocycles. The summed E-state index contributed by atoms with van der Waals surface area (Å²) in [6, 6.07) is 3.28. The summed E-state index contributed by atoms with van der Waals surface area (Å²) in [6.45, 7) is 1.44. The Morgan fingerprint density at radius 1 is 1.46 bits per heavy atom. The van der Waals surface area contributed by atoms with E-state index in [-0.39, 0.29) is 12.2 Å². The third-order valence-corrected chi connectivity index (χ3v) is 1.80. The summed E-state index contributed by atoms with van der Waals surface area (Å²) < 4.78 is 25.6. The Bertz CT molecular complexity index is 332. The zero-order chi connectivity index (χ0) is 9.84. The van der Waals surface area contributed by atoms with Crippen molar-refractivity contribution in [1.82, 2.24) is 0 Å². The molecular formula is C10H10F2O. The van der Waals surface area contributed by atoms with E-state index in [0.717, 1.165) is 12.1 Å². The van der Waals surface area contributed by atoms with Gasteiger partial charge in [-0.1, -0.05) is 6.08 Å². The van der Waals surface area contributed by atoms with Crippen molar-refractivity contribution >= 4 is 5.57 Å². The topological polar surface area (TPSA) is 20.2 Å². The molecule has 0 amide bonds. The molecule has 0 aromatic heterocycles. The van der Waals surface area contributed by atoms with Gasteiger partial charge in [0.2, 0.25) is 0 Å². The van der Waals surface area contributed by atoms with Gasteiger partial charge in [0.15, 0.2) is 0 Å². The molecule has 0 unspecified atom stereocenters. The standard InChI is InChI=1S/C10H10F2O/c1-2-7(6-13)9-4-3-8(11)5-10(9)12/h2-5,13H,6H2,1H3/b7-2-. The van der Waals surface area contributed by atoms with Gasteiger partial charge in [-0.25, -0.2) is 8.78 Å². The second-order valence-electron chi connectivity index (χ2n) is 2.60. The van der Waals surface area contributed by atoms with Gasteiger partial charge in [0.25, 0.3) is 0 Å². The van der Waals surface area contributed by atoms with E-state index in [4.69, 9.17) is 5.11 Å². The smallest absolute Gasteiger partial charge is 0.133 e. The largest absolute Gasteiger partial charge is 0.392 e. The molecule has 13 heavy (non-hydrogen) atoms. The van der Waals surface area contributed by atoms with Crippen molar-refractivity contribution in [1.29, 1.82) is 0 Å². The average Bonchev–Trinajstić information content (AvgIpc) is 2.10. The van der Waals surface area contributed by atoms with E-state index >= 15 is 0 Å². The lowest BCUT2D eigenvalue weighted by atomic mass is 10.1. The molecule has 1 N–H and O–H groups in total. The quantitative estimate of drug-likeness (QED) is 0.748. The summed E-state index contributed by atoms with van der Waals surface area (Å²) in [5, 5.41) is 8.84. The third kappa shape index (κ3) is 2.12. The number of halogens is 2. The second kappa shape index (κ2) is 4.14. The van der Waals surface area contributed by atoms with Crippen molar-refractivity contribution in [3.63, 3.8) is 0 Å². The Balaban J connectivity index is 3.15. The minimum Gasteiger partial charge on any atom is -0.392 e. The third-order valence-electron chi connectivity index (χ3n) is 1.80. The van der Waals surface area contributed by atoms with Crippen LogP contribution in [-0.4, -0.2) is 11.7 Å². The highest BCUT2D eigenvalue weighted by atomic mass is 19.1. The van der Waals surface area contributed by atoms with Gasteiger partial charge < -0.3 is 5.11 Å². The van der Waals surface area contributed by atoms with Gasteiger partial charge >= 0.3 is 0 Å². The Morgan fingerprint density at radius 2 is 2.15 bits per heavy atom. The van der Waals surface area contributed by atoms with Crippen molar-refractivity contribution in [3.8, 4) is 0 Å². The summed E-state index contributed by atoms with van der Waals surface area (Å²) in [5.74, 6) is -1.27. The minimum absolute atomic E-state index is 0.242. The summed E-state index contributed by atoms with van der Waals surface area (Å²) >= 11 is 0. The molecule has 3 heteroatoms. The lowest BCUT2D eigenvalue weighted by molar-refractivity contribution is 0.349. The fraction of sp³-hybridized carbons (Fsp3) is 0.200. The Labute approximate surface area is 75.3 Å². The molecule has 1 aromatic rings. The van der Waals surface area contributed by atoms with Crippen molar-refractivity contribution in [2.45, 2.75) is 6.92 Å². The highest BCUT2D eigenvalue weighted by molar-refractivity contribution is 5.66. The van der Waals surface area contributed by atoms with Crippen LogP contribution in [0.4, 0.5) is 8.78 Å². The summed E-state index contributed by atoms with van der Waals surface area (Å²) in [6.07, 6.45) is 1.59. The molecule has 0 fully saturated rings. The van der Waals surface area contributed by atoms with Gasteiger partial charge in [-0.15, -0.1) is 0 Å². The Morgan fingerprint density at radius 3 is 2.62 bits per heavy atom. The highest BCUT2D eigenvalue weighted by Crippen LogP contribution is 2.18. The summed E-state index contributed by atoms with van der Waals surface area (Å²) in [4.78, 5) is 0. The SMILES string of the molecule is C/C=C(/CO)c1ccc(F)cc1F. The fourth-order valence-corrected chi connectivity index (χ4v) is 1.08. The average molecular weight is 184 g/mol. The van der Waals surface area contributed by atoms with E-state index < -0.39 is 11.6 Å². The molecule has 0 radical (unpaired) electrons. The van der Waals surface area contributed by atoms with Crippen LogP contribution in [0.3, 0.4) is 0 Å². The Kier molecular flexibility index (Phi) is 3.14. The number of rotatable bonds is 2. The number of hydrogen-bond donors (Lipinski definition) is 1. The maximum absolute atomic E-state index is 13.1. The van der Waals surface area contributed by atoms with Gasteiger partial charge in [-0.2, -0.15) is 0 Å². The maximum Gasteiger partial charge on any atom is 0.133 e. The van der Waals surface area contributed by atoms with Crippen LogP contribution in [0.5, 0.6) is 0 Å². The van der Waals surface area contributed by atoms with Crippen molar-refractivity contribution in [2.24, 2.45) is 0 Å². The lowest BCUT2D eigenvalue weighted by Gasteiger charge is -2.04. The van der Waals surface area contributed by atoms with Gasteiger partial charge in [0.05, 0.1) is 6.61 Å². The van der Waals surface area contributed by atoms with Gasteiger partial charge in [-0.05, 0) is 24.6 Å². The molecule has 70 valence electrons. The van der Waals surface area contributed by atoms with Crippen LogP contribution in [-0.2, 0) is 0 Å². The number of hydrogen-bond acceptors (Lipinski definition) is 1. The van der Waals surface area contributed by atoms with Crippen LogP contribution in [0, 0.1) is 11.6 Å². The molecule has 0 saturated heterocycles. The van der Waals surface area contributed by atoms with E-state index in [0.29, 0.717) is 5.57 Å². The molecule has 0 spiro atoms. The second-order valence-corrected chi connectivity index (χ2v) is 2.60. The van der Waals surface area contributed by atoms with E-state index in [1.807, 2.05) is 0 Å². The number of benzene rings is 1. The van der Waals surface area contributed by atoms with Crippen LogP contribution in [0.1, 0.15) is 12.5 Å². The van der Waals surface area contributed by atoms with Crippen LogP contribution in [0.15, 0.2) is 24.3 Å². The highest BCUT2D eigenvalue weighted by Gasteiger charge is 2.06. The normalized spacial score (nSPS) is 11.8. The molecule has 0 aliphatic rings. The minimum atomic E-state index is -0.651. The number of aliphatic hydroxyl groups excluding tert-OH is 1. The zero-order valence-electron chi connectivity index (χ0n) is 7.22. The lowest BCUT2D eigenvalue weighted by Crippen LogP contribution is -1.94. The molecule has 0 heterocycles.